The number of aromatic hydroxyl groups is 1. The summed E-state index contributed by atoms with van der Waals surface area (Å²) in [5, 5.41) is 40.8. The highest BCUT2D eigenvalue weighted by atomic mass is 16.3. The number of aryl methyl sites for hydroxylation is 1. The fourth-order valence-corrected chi connectivity index (χ4v) is 2.04. The van der Waals surface area contributed by atoms with Crippen molar-refractivity contribution in [2.45, 2.75) is 13.8 Å². The van der Waals surface area contributed by atoms with Crippen LogP contribution >= 0.6 is 0 Å². The van der Waals surface area contributed by atoms with Gasteiger partial charge in [0.2, 0.25) is 5.91 Å². The Kier molecular flexibility index (Phi) is 6.53. The molecule has 1 aromatic rings. The molecule has 0 spiro atoms. The van der Waals surface area contributed by atoms with Crippen molar-refractivity contribution in [3.8, 4) is 17.9 Å². The van der Waals surface area contributed by atoms with Crippen LogP contribution in [-0.4, -0.2) is 47.1 Å². The number of carbonyl (C=O) groups excluding carboxylic acids is 2. The Bertz CT molecular complexity index is 815. The quantitative estimate of drug-likeness (QED) is 0.414. The van der Waals surface area contributed by atoms with Crippen LogP contribution in [0.1, 0.15) is 23.6 Å². The maximum absolute atomic E-state index is 12.3. The summed E-state index contributed by atoms with van der Waals surface area (Å²) in [6.45, 7) is 3.22. The van der Waals surface area contributed by atoms with Crippen LogP contribution in [0.4, 0.5) is 0 Å². The molecule has 0 heterocycles. The van der Waals surface area contributed by atoms with Gasteiger partial charge in [0.05, 0.1) is 5.56 Å². The number of phenols is 1. The molecule has 3 N–H and O–H groups in total. The van der Waals surface area contributed by atoms with Crippen molar-refractivity contribution in [2.24, 2.45) is 0 Å². The monoisotopic (exact) mass is 342 g/mol. The first-order valence-corrected chi connectivity index (χ1v) is 7.30. The molecule has 0 fully saturated rings. The molecule has 2 amide bonds. The molecule has 0 unspecified atom stereocenters. The first-order chi connectivity index (χ1) is 11.7. The van der Waals surface area contributed by atoms with Gasteiger partial charge in [-0.3, -0.25) is 9.59 Å². The lowest BCUT2D eigenvalue weighted by Gasteiger charge is -2.17. The summed E-state index contributed by atoms with van der Waals surface area (Å²) >= 11 is 0. The van der Waals surface area contributed by atoms with E-state index in [9.17, 15) is 25.1 Å². The first kappa shape index (κ1) is 19.5. The molecule has 8 nitrogen and oxygen atoms in total. The molecule has 0 radical (unpaired) electrons. The standard InChI is InChI=1S/C17H18N4O4/c1-10-6-12(7-13(8-18)15(10)23)16(24)14(9-19)17(25)21(3)5-4-20-11(2)22/h6-7,23-24H,4-5H2,1-3H3,(H,20,22)/b16-14-. The molecule has 130 valence electrons. The summed E-state index contributed by atoms with van der Waals surface area (Å²) in [6.07, 6.45) is 0. The molecule has 0 aliphatic heterocycles. The largest absolute Gasteiger partial charge is 0.506 e. The molecule has 0 bridgehead atoms. The second kappa shape index (κ2) is 8.37. The minimum absolute atomic E-state index is 0.0759. The average Bonchev–Trinajstić information content (AvgIpc) is 2.57. The van der Waals surface area contributed by atoms with E-state index in [1.807, 2.05) is 0 Å². The summed E-state index contributed by atoms with van der Waals surface area (Å²) in [5.74, 6) is -1.78. The fraction of sp³-hybridized carbons (Fsp3) is 0.294. The van der Waals surface area contributed by atoms with Crippen molar-refractivity contribution in [3.63, 3.8) is 0 Å². The second-order valence-electron chi connectivity index (χ2n) is 5.35. The topological polar surface area (TPSA) is 137 Å². The molecule has 0 saturated carbocycles. The number of rotatable bonds is 5. The summed E-state index contributed by atoms with van der Waals surface area (Å²) < 4.78 is 0. The van der Waals surface area contributed by atoms with E-state index in [1.54, 1.807) is 12.1 Å². The molecule has 25 heavy (non-hydrogen) atoms. The van der Waals surface area contributed by atoms with E-state index in [0.717, 1.165) is 0 Å². The van der Waals surface area contributed by atoms with E-state index in [2.05, 4.69) is 5.32 Å². The predicted molar refractivity (Wildman–Crippen MR) is 89.0 cm³/mol. The van der Waals surface area contributed by atoms with Gasteiger partial charge in [0.15, 0.2) is 5.57 Å². The van der Waals surface area contributed by atoms with Gasteiger partial charge in [0.1, 0.15) is 23.6 Å². The number of likely N-dealkylation sites (N-methyl/N-ethyl adjacent to an activating group) is 1. The zero-order chi connectivity index (χ0) is 19.1. The maximum Gasteiger partial charge on any atom is 0.268 e. The van der Waals surface area contributed by atoms with Gasteiger partial charge >= 0.3 is 0 Å². The van der Waals surface area contributed by atoms with E-state index in [4.69, 9.17) is 5.26 Å². The summed E-state index contributed by atoms with van der Waals surface area (Å²) in [7, 11) is 1.43. The normalized spacial score (nSPS) is 10.9. The number of benzene rings is 1. The van der Waals surface area contributed by atoms with Crippen LogP contribution in [-0.2, 0) is 9.59 Å². The molecular weight excluding hydrogens is 324 g/mol. The Labute approximate surface area is 145 Å². The van der Waals surface area contributed by atoms with Crippen LogP contribution in [0.2, 0.25) is 0 Å². The van der Waals surface area contributed by atoms with Crippen LogP contribution in [0.25, 0.3) is 5.76 Å². The summed E-state index contributed by atoms with van der Waals surface area (Å²) in [4.78, 5) is 24.3. The molecule has 1 rings (SSSR count). The molecule has 1 aromatic carbocycles. The molecule has 0 saturated heterocycles. The van der Waals surface area contributed by atoms with Crippen LogP contribution < -0.4 is 5.32 Å². The van der Waals surface area contributed by atoms with Gasteiger partial charge in [-0.1, -0.05) is 0 Å². The van der Waals surface area contributed by atoms with Crippen LogP contribution in [0.15, 0.2) is 17.7 Å². The van der Waals surface area contributed by atoms with Gasteiger partial charge in [-0.2, -0.15) is 10.5 Å². The predicted octanol–water partition coefficient (Wildman–Crippen LogP) is 0.959. The molecule has 8 heteroatoms. The highest BCUT2D eigenvalue weighted by Crippen LogP contribution is 2.27. The van der Waals surface area contributed by atoms with Gasteiger partial charge in [-0.25, -0.2) is 0 Å². The zero-order valence-corrected chi connectivity index (χ0v) is 14.1. The summed E-state index contributed by atoms with van der Waals surface area (Å²) in [5.41, 5.74) is -0.180. The summed E-state index contributed by atoms with van der Waals surface area (Å²) in [6, 6.07) is 6.00. The number of nitrogens with one attached hydrogen (secondary N) is 1. The highest BCUT2D eigenvalue weighted by Gasteiger charge is 2.21. The van der Waals surface area contributed by atoms with E-state index >= 15 is 0 Å². The van der Waals surface area contributed by atoms with E-state index in [0.29, 0.717) is 5.56 Å². The number of carbonyl (C=O) groups is 2. The number of aliphatic hydroxyl groups is 1. The third-order valence-electron chi connectivity index (χ3n) is 3.42. The Hall–Kier alpha value is -3.52. The van der Waals surface area contributed by atoms with E-state index in [1.165, 1.54) is 37.9 Å². The lowest BCUT2D eigenvalue weighted by atomic mass is 10.0. The number of amides is 2. The smallest absolute Gasteiger partial charge is 0.268 e. The van der Waals surface area contributed by atoms with Crippen molar-refractivity contribution in [1.29, 1.82) is 10.5 Å². The van der Waals surface area contributed by atoms with Crippen molar-refractivity contribution < 1.29 is 19.8 Å². The molecule has 0 aliphatic rings. The van der Waals surface area contributed by atoms with E-state index in [-0.39, 0.29) is 35.9 Å². The third-order valence-corrected chi connectivity index (χ3v) is 3.42. The average molecular weight is 342 g/mol. The van der Waals surface area contributed by atoms with Crippen LogP contribution in [0, 0.1) is 29.6 Å². The van der Waals surface area contributed by atoms with Gasteiger partial charge in [-0.15, -0.1) is 0 Å². The van der Waals surface area contributed by atoms with E-state index < -0.39 is 17.2 Å². The Morgan fingerprint density at radius 2 is 1.96 bits per heavy atom. The lowest BCUT2D eigenvalue weighted by Crippen LogP contribution is -2.36. The Balaban J connectivity index is 3.17. The van der Waals surface area contributed by atoms with Crippen molar-refractivity contribution in [1.82, 2.24) is 10.2 Å². The number of hydrogen-bond acceptors (Lipinski definition) is 6. The first-order valence-electron chi connectivity index (χ1n) is 7.30. The number of nitriles is 2. The van der Waals surface area contributed by atoms with Crippen LogP contribution in [0.5, 0.6) is 5.75 Å². The van der Waals surface area contributed by atoms with Gasteiger partial charge in [0, 0.05) is 32.6 Å². The molecule has 0 aromatic heterocycles. The number of aliphatic hydroxyl groups excluding tert-OH is 1. The van der Waals surface area contributed by atoms with Crippen LogP contribution in [0.3, 0.4) is 0 Å². The maximum atomic E-state index is 12.3. The molecule has 0 atom stereocenters. The lowest BCUT2D eigenvalue weighted by molar-refractivity contribution is -0.126. The minimum Gasteiger partial charge on any atom is -0.506 e. The van der Waals surface area contributed by atoms with Gasteiger partial charge in [-0.05, 0) is 24.6 Å². The van der Waals surface area contributed by atoms with Crippen molar-refractivity contribution in [3.05, 3.63) is 34.4 Å². The molecule has 0 aliphatic carbocycles. The third kappa shape index (κ3) is 4.72. The number of hydrogen-bond donors (Lipinski definition) is 3. The molecular formula is C17H18N4O4. The fourth-order valence-electron chi connectivity index (χ4n) is 2.04. The second-order valence-corrected chi connectivity index (χ2v) is 5.35. The zero-order valence-electron chi connectivity index (χ0n) is 14.1. The SMILES string of the molecule is CC(=O)NCCN(C)C(=O)/C(C#N)=C(\O)c1cc(C)c(O)c(C#N)c1. The Morgan fingerprint density at radius 1 is 1.32 bits per heavy atom. The minimum atomic E-state index is -0.727. The van der Waals surface area contributed by atoms with Crippen molar-refractivity contribution in [2.75, 3.05) is 20.1 Å². The Morgan fingerprint density at radius 3 is 2.48 bits per heavy atom. The number of nitrogens with zero attached hydrogens (tertiary/aromatic N) is 3. The van der Waals surface area contributed by atoms with Crippen molar-refractivity contribution >= 4 is 17.6 Å². The highest BCUT2D eigenvalue weighted by molar-refractivity contribution is 6.03. The number of phenolic OH excluding ortho intramolecular Hbond substituents is 1. The van der Waals surface area contributed by atoms with Gasteiger partial charge in [0.25, 0.3) is 5.91 Å². The van der Waals surface area contributed by atoms with Gasteiger partial charge < -0.3 is 20.4 Å².